The highest BCUT2D eigenvalue weighted by atomic mass is 35.5. The average Bonchev–Trinajstić information content (AvgIpc) is 2.71. The fourth-order valence-corrected chi connectivity index (χ4v) is 3.36. The number of hydrogen-bond donors (Lipinski definition) is 2. The van der Waals surface area contributed by atoms with Gasteiger partial charge >= 0.3 is 0 Å². The molecular formula is C11H11ClN4O2S2. The molecule has 20 heavy (non-hydrogen) atoms. The van der Waals surface area contributed by atoms with Gasteiger partial charge in [0.25, 0.3) is 10.0 Å². The highest BCUT2D eigenvalue weighted by Crippen LogP contribution is 2.24. The Balaban J connectivity index is 2.47. The maximum absolute atomic E-state index is 12.3. The molecule has 0 saturated carbocycles. The first kappa shape index (κ1) is 14.8. The van der Waals surface area contributed by atoms with E-state index in [9.17, 15) is 8.42 Å². The second-order valence-corrected chi connectivity index (χ2v) is 6.43. The lowest BCUT2D eigenvalue weighted by Crippen LogP contribution is -2.19. The highest BCUT2D eigenvalue weighted by molar-refractivity contribution is 7.92. The molecule has 0 aliphatic heterocycles. The van der Waals surface area contributed by atoms with Gasteiger partial charge in [0.2, 0.25) is 0 Å². The largest absolute Gasteiger partial charge is 0.389 e. The van der Waals surface area contributed by atoms with Crippen molar-refractivity contribution >= 4 is 44.6 Å². The molecule has 3 N–H and O–H groups in total. The minimum Gasteiger partial charge on any atom is -0.389 e. The summed E-state index contributed by atoms with van der Waals surface area (Å²) in [5, 5.41) is 4.05. The lowest BCUT2D eigenvalue weighted by Gasteiger charge is -2.11. The molecule has 0 atom stereocenters. The quantitative estimate of drug-likeness (QED) is 0.829. The summed E-state index contributed by atoms with van der Waals surface area (Å²) in [5.74, 6) is 0.192. The van der Waals surface area contributed by atoms with Crippen molar-refractivity contribution in [3.05, 3.63) is 41.0 Å². The standard InChI is InChI=1S/C11H11ClN4O2S2/c1-16-11(7(6-14-16)10(13)19)15-20(17,18)9-5-3-2-4-8(9)12/h2-6,15H,1H3,(H2,13,19). The van der Waals surface area contributed by atoms with Crippen LogP contribution in [0, 0.1) is 0 Å². The van der Waals surface area contributed by atoms with E-state index in [4.69, 9.17) is 29.6 Å². The smallest absolute Gasteiger partial charge is 0.264 e. The second kappa shape index (κ2) is 5.39. The monoisotopic (exact) mass is 330 g/mol. The summed E-state index contributed by atoms with van der Waals surface area (Å²) in [6, 6.07) is 6.12. The van der Waals surface area contributed by atoms with Crippen molar-refractivity contribution in [3.8, 4) is 0 Å². The van der Waals surface area contributed by atoms with Gasteiger partial charge in [-0.3, -0.25) is 9.40 Å². The molecule has 106 valence electrons. The Morgan fingerprint density at radius 2 is 2.10 bits per heavy atom. The number of nitrogens with one attached hydrogen (secondary N) is 1. The molecule has 0 fully saturated rings. The van der Waals surface area contributed by atoms with E-state index in [0.29, 0.717) is 5.56 Å². The summed E-state index contributed by atoms with van der Waals surface area (Å²) in [6.07, 6.45) is 1.40. The van der Waals surface area contributed by atoms with E-state index >= 15 is 0 Å². The van der Waals surface area contributed by atoms with Crippen LogP contribution >= 0.6 is 23.8 Å². The molecule has 9 heteroatoms. The second-order valence-electron chi connectivity index (χ2n) is 3.93. The number of aryl methyl sites for hydroxylation is 1. The van der Waals surface area contributed by atoms with Gasteiger partial charge in [-0.05, 0) is 12.1 Å². The van der Waals surface area contributed by atoms with Crippen LogP contribution in [0.5, 0.6) is 0 Å². The number of anilines is 1. The minimum atomic E-state index is -3.85. The summed E-state index contributed by atoms with van der Waals surface area (Å²) >= 11 is 10.8. The van der Waals surface area contributed by atoms with Crippen molar-refractivity contribution in [3.63, 3.8) is 0 Å². The van der Waals surface area contributed by atoms with Crippen molar-refractivity contribution in [1.29, 1.82) is 0 Å². The van der Waals surface area contributed by atoms with Crippen LogP contribution in [0.25, 0.3) is 0 Å². The zero-order valence-corrected chi connectivity index (χ0v) is 12.8. The molecule has 0 radical (unpaired) electrons. The summed E-state index contributed by atoms with van der Waals surface area (Å²) in [4.78, 5) is 0.0201. The molecular weight excluding hydrogens is 320 g/mol. The number of benzene rings is 1. The molecule has 2 rings (SSSR count). The lowest BCUT2D eigenvalue weighted by molar-refractivity contribution is 0.600. The first-order valence-corrected chi connectivity index (χ1v) is 7.69. The van der Waals surface area contributed by atoms with E-state index in [0.717, 1.165) is 0 Å². The number of thiocarbonyl (C=S) groups is 1. The highest BCUT2D eigenvalue weighted by Gasteiger charge is 2.21. The minimum absolute atomic E-state index is 0.0308. The third-order valence-corrected chi connectivity index (χ3v) is 4.62. The normalized spacial score (nSPS) is 11.3. The fraction of sp³-hybridized carbons (Fsp3) is 0.0909. The van der Waals surface area contributed by atoms with Crippen LogP contribution in [0.4, 0.5) is 5.82 Å². The molecule has 0 bridgehead atoms. The van der Waals surface area contributed by atoms with Gasteiger partial charge in [0.05, 0.1) is 16.8 Å². The molecule has 0 amide bonds. The third-order valence-electron chi connectivity index (χ3n) is 2.56. The van der Waals surface area contributed by atoms with Crippen molar-refractivity contribution in [1.82, 2.24) is 9.78 Å². The predicted molar refractivity (Wildman–Crippen MR) is 81.4 cm³/mol. The average molecular weight is 331 g/mol. The number of sulfonamides is 1. The van der Waals surface area contributed by atoms with Gasteiger partial charge in [-0.2, -0.15) is 5.10 Å². The first-order valence-electron chi connectivity index (χ1n) is 5.42. The van der Waals surface area contributed by atoms with Gasteiger partial charge < -0.3 is 5.73 Å². The van der Waals surface area contributed by atoms with Gasteiger partial charge in [0.1, 0.15) is 15.7 Å². The van der Waals surface area contributed by atoms with Crippen molar-refractivity contribution in [2.45, 2.75) is 4.90 Å². The SMILES string of the molecule is Cn1ncc(C(N)=S)c1NS(=O)(=O)c1ccccc1Cl. The van der Waals surface area contributed by atoms with Crippen LogP contribution < -0.4 is 10.5 Å². The predicted octanol–water partition coefficient (Wildman–Crippen LogP) is 1.51. The molecule has 1 aromatic heterocycles. The van der Waals surface area contributed by atoms with E-state index < -0.39 is 10.0 Å². The number of halogens is 1. The van der Waals surface area contributed by atoms with Crippen LogP contribution in [0.2, 0.25) is 5.02 Å². The lowest BCUT2D eigenvalue weighted by atomic mass is 10.3. The Labute approximate surface area is 126 Å². The number of nitrogens with zero attached hydrogens (tertiary/aromatic N) is 2. The molecule has 0 unspecified atom stereocenters. The molecule has 0 aliphatic rings. The molecule has 2 aromatic rings. The Morgan fingerprint density at radius 3 is 2.70 bits per heavy atom. The van der Waals surface area contributed by atoms with Gasteiger partial charge in [0, 0.05) is 7.05 Å². The molecule has 0 saturated heterocycles. The Morgan fingerprint density at radius 1 is 1.45 bits per heavy atom. The van der Waals surface area contributed by atoms with E-state index in [1.54, 1.807) is 19.2 Å². The third kappa shape index (κ3) is 2.77. The van der Waals surface area contributed by atoms with Crippen LogP contribution in [-0.2, 0) is 17.1 Å². The van der Waals surface area contributed by atoms with Gasteiger partial charge in [0.15, 0.2) is 0 Å². The van der Waals surface area contributed by atoms with Crippen LogP contribution in [0.3, 0.4) is 0 Å². The first-order chi connectivity index (χ1) is 9.33. The maximum Gasteiger partial charge on any atom is 0.264 e. The van der Waals surface area contributed by atoms with E-state index in [-0.39, 0.29) is 20.7 Å². The van der Waals surface area contributed by atoms with Gasteiger partial charge in [-0.15, -0.1) is 0 Å². The number of nitrogens with two attached hydrogens (primary N) is 1. The Bertz CT molecular complexity index is 770. The number of hydrogen-bond acceptors (Lipinski definition) is 4. The van der Waals surface area contributed by atoms with Crippen molar-refractivity contribution in [2.24, 2.45) is 12.8 Å². The van der Waals surface area contributed by atoms with E-state index in [1.807, 2.05) is 0 Å². The molecule has 1 aromatic carbocycles. The summed E-state index contributed by atoms with van der Waals surface area (Å²) in [7, 11) is -2.27. The Hall–Kier alpha value is -1.64. The maximum atomic E-state index is 12.3. The molecule has 6 nitrogen and oxygen atoms in total. The summed E-state index contributed by atoms with van der Waals surface area (Å²) < 4.78 is 28.4. The number of rotatable bonds is 4. The molecule has 0 spiro atoms. The zero-order chi connectivity index (χ0) is 14.9. The summed E-state index contributed by atoms with van der Waals surface area (Å²) in [5.41, 5.74) is 5.88. The van der Waals surface area contributed by atoms with E-state index in [2.05, 4.69) is 9.82 Å². The van der Waals surface area contributed by atoms with E-state index in [1.165, 1.54) is 23.0 Å². The van der Waals surface area contributed by atoms with Crippen LogP contribution in [0.1, 0.15) is 5.56 Å². The zero-order valence-electron chi connectivity index (χ0n) is 10.4. The molecule has 1 heterocycles. The van der Waals surface area contributed by atoms with Gasteiger partial charge in [-0.1, -0.05) is 36.0 Å². The van der Waals surface area contributed by atoms with Crippen molar-refractivity contribution in [2.75, 3.05) is 4.72 Å². The molecule has 0 aliphatic carbocycles. The number of aromatic nitrogens is 2. The topological polar surface area (TPSA) is 90.0 Å². The van der Waals surface area contributed by atoms with Crippen LogP contribution in [0.15, 0.2) is 35.4 Å². The van der Waals surface area contributed by atoms with Gasteiger partial charge in [-0.25, -0.2) is 8.42 Å². The van der Waals surface area contributed by atoms with Crippen LogP contribution in [-0.4, -0.2) is 23.2 Å². The Kier molecular flexibility index (Phi) is 3.98. The van der Waals surface area contributed by atoms with Crippen molar-refractivity contribution < 1.29 is 8.42 Å². The summed E-state index contributed by atoms with van der Waals surface area (Å²) in [6.45, 7) is 0. The fourth-order valence-electron chi connectivity index (χ4n) is 1.58.